The van der Waals surface area contributed by atoms with Gasteiger partial charge in [0, 0.05) is 23.7 Å². The Morgan fingerprint density at radius 1 is 1.31 bits per heavy atom. The number of aliphatic imine (C=N–C) groups is 1. The van der Waals surface area contributed by atoms with Crippen LogP contribution in [0.15, 0.2) is 40.8 Å². The Kier molecular flexibility index (Phi) is 7.87. The molecule has 26 heavy (non-hydrogen) atoms. The molecule has 0 amide bonds. The highest BCUT2D eigenvalue weighted by atomic mass is 32.1. The van der Waals surface area contributed by atoms with E-state index >= 15 is 0 Å². The van der Waals surface area contributed by atoms with Crippen LogP contribution in [0.5, 0.6) is 5.88 Å². The van der Waals surface area contributed by atoms with Crippen molar-refractivity contribution in [2.24, 2.45) is 4.99 Å². The van der Waals surface area contributed by atoms with Gasteiger partial charge >= 0.3 is 0 Å². The van der Waals surface area contributed by atoms with E-state index in [0.717, 1.165) is 23.4 Å². The second-order valence-corrected chi connectivity index (χ2v) is 7.10. The van der Waals surface area contributed by atoms with E-state index in [1.165, 1.54) is 0 Å². The predicted molar refractivity (Wildman–Crippen MR) is 107 cm³/mol. The predicted octanol–water partition coefficient (Wildman–Crippen LogP) is 2.89. The monoisotopic (exact) mass is 376 g/mol. The summed E-state index contributed by atoms with van der Waals surface area (Å²) in [7, 11) is 0. The highest BCUT2D eigenvalue weighted by molar-refractivity contribution is 7.10. The van der Waals surface area contributed by atoms with Gasteiger partial charge < -0.3 is 20.5 Å². The lowest BCUT2D eigenvalue weighted by atomic mass is 10.1. The first-order valence-electron chi connectivity index (χ1n) is 8.91. The first kappa shape index (κ1) is 20.2. The summed E-state index contributed by atoms with van der Waals surface area (Å²) in [5.41, 5.74) is 0.0561. The van der Waals surface area contributed by atoms with Crippen LogP contribution in [0.4, 0.5) is 0 Å². The molecule has 2 aromatic rings. The van der Waals surface area contributed by atoms with Crippen molar-refractivity contribution in [3.63, 3.8) is 0 Å². The molecule has 0 aliphatic rings. The number of aromatic nitrogens is 1. The lowest BCUT2D eigenvalue weighted by Crippen LogP contribution is -2.44. The maximum absolute atomic E-state index is 10.6. The van der Waals surface area contributed by atoms with Gasteiger partial charge in [-0.2, -0.15) is 0 Å². The minimum absolute atomic E-state index is 0.376. The van der Waals surface area contributed by atoms with Crippen LogP contribution in [-0.4, -0.2) is 35.7 Å². The van der Waals surface area contributed by atoms with Gasteiger partial charge in [-0.3, -0.25) is 0 Å². The Labute approximate surface area is 159 Å². The molecule has 0 spiro atoms. The molecular weight excluding hydrogens is 348 g/mol. The van der Waals surface area contributed by atoms with E-state index in [1.807, 2.05) is 36.6 Å². The van der Waals surface area contributed by atoms with Gasteiger partial charge in [0.25, 0.3) is 0 Å². The maximum Gasteiger partial charge on any atom is 0.213 e. The number of aliphatic hydroxyl groups is 1. The zero-order chi connectivity index (χ0) is 18.8. The van der Waals surface area contributed by atoms with Crippen molar-refractivity contribution in [3.8, 4) is 5.88 Å². The molecule has 7 heteroatoms. The van der Waals surface area contributed by atoms with Gasteiger partial charge in [0.2, 0.25) is 5.88 Å². The molecule has 2 rings (SSSR count). The Morgan fingerprint density at radius 3 is 2.77 bits per heavy atom. The molecular formula is C19H28N4O2S. The minimum atomic E-state index is -0.940. The van der Waals surface area contributed by atoms with Crippen molar-refractivity contribution in [3.05, 3.63) is 46.3 Å². The molecule has 3 N–H and O–H groups in total. The van der Waals surface area contributed by atoms with Gasteiger partial charge in [-0.05, 0) is 37.3 Å². The van der Waals surface area contributed by atoms with E-state index in [4.69, 9.17) is 4.74 Å². The number of guanidine groups is 1. The quantitative estimate of drug-likeness (QED) is 0.463. The van der Waals surface area contributed by atoms with Gasteiger partial charge in [-0.1, -0.05) is 19.1 Å². The largest absolute Gasteiger partial charge is 0.478 e. The third-order valence-corrected chi connectivity index (χ3v) is 4.79. The number of nitrogens with zero attached hydrogens (tertiary/aromatic N) is 2. The summed E-state index contributed by atoms with van der Waals surface area (Å²) >= 11 is 1.54. The van der Waals surface area contributed by atoms with Crippen molar-refractivity contribution >= 4 is 17.3 Å². The average Bonchev–Trinajstić information content (AvgIpc) is 3.19. The van der Waals surface area contributed by atoms with Crippen LogP contribution in [0.2, 0.25) is 0 Å². The number of nitrogens with one attached hydrogen (secondary N) is 2. The summed E-state index contributed by atoms with van der Waals surface area (Å²) in [6.07, 6.45) is 2.74. The van der Waals surface area contributed by atoms with E-state index in [2.05, 4.69) is 27.5 Å². The lowest BCUT2D eigenvalue weighted by Gasteiger charge is -2.23. The van der Waals surface area contributed by atoms with E-state index in [-0.39, 0.29) is 0 Å². The van der Waals surface area contributed by atoms with E-state index in [0.29, 0.717) is 31.5 Å². The van der Waals surface area contributed by atoms with Crippen molar-refractivity contribution < 1.29 is 9.84 Å². The first-order chi connectivity index (χ1) is 12.5. The van der Waals surface area contributed by atoms with Crippen LogP contribution >= 0.6 is 11.3 Å². The zero-order valence-corrected chi connectivity index (χ0v) is 16.5. The Bertz CT molecular complexity index is 669. The normalized spacial score (nSPS) is 13.9. The lowest BCUT2D eigenvalue weighted by molar-refractivity contribution is 0.0655. The summed E-state index contributed by atoms with van der Waals surface area (Å²) in [5.74, 6) is 1.30. The highest BCUT2D eigenvalue weighted by Gasteiger charge is 2.24. The number of thiophene rings is 1. The summed E-state index contributed by atoms with van der Waals surface area (Å²) in [6, 6.07) is 7.70. The summed E-state index contributed by atoms with van der Waals surface area (Å²) in [4.78, 5) is 9.78. The molecule has 6 nitrogen and oxygen atoms in total. The van der Waals surface area contributed by atoms with Crippen molar-refractivity contribution in [1.82, 2.24) is 15.6 Å². The van der Waals surface area contributed by atoms with Gasteiger partial charge in [-0.15, -0.1) is 11.3 Å². The summed E-state index contributed by atoms with van der Waals surface area (Å²) in [5, 5.41) is 19.0. The molecule has 142 valence electrons. The van der Waals surface area contributed by atoms with Gasteiger partial charge in [0.05, 0.1) is 19.7 Å². The fraction of sp³-hybridized carbons (Fsp3) is 0.474. The summed E-state index contributed by atoms with van der Waals surface area (Å²) < 4.78 is 5.49. The molecule has 0 bridgehead atoms. The van der Waals surface area contributed by atoms with E-state index < -0.39 is 5.60 Å². The van der Waals surface area contributed by atoms with Gasteiger partial charge in [0.1, 0.15) is 5.60 Å². The third-order valence-electron chi connectivity index (χ3n) is 3.67. The second-order valence-electron chi connectivity index (χ2n) is 6.15. The molecule has 2 heterocycles. The molecule has 0 radical (unpaired) electrons. The van der Waals surface area contributed by atoms with Crippen molar-refractivity contribution in [2.75, 3.05) is 19.7 Å². The van der Waals surface area contributed by atoms with Crippen LogP contribution in [0, 0.1) is 0 Å². The SMILES string of the molecule is CCCOc1ccc(CN=C(NCC)NCC(C)(O)c2cccs2)cn1. The first-order valence-corrected chi connectivity index (χ1v) is 9.79. The van der Waals surface area contributed by atoms with Crippen LogP contribution < -0.4 is 15.4 Å². The fourth-order valence-corrected chi connectivity index (χ4v) is 3.02. The number of ether oxygens (including phenoxy) is 1. The fourth-order valence-electron chi connectivity index (χ4n) is 2.24. The van der Waals surface area contributed by atoms with Crippen LogP contribution in [0.3, 0.4) is 0 Å². The zero-order valence-electron chi connectivity index (χ0n) is 15.7. The topological polar surface area (TPSA) is 78.8 Å². The van der Waals surface area contributed by atoms with Crippen LogP contribution in [0.25, 0.3) is 0 Å². The smallest absolute Gasteiger partial charge is 0.213 e. The summed E-state index contributed by atoms with van der Waals surface area (Å²) in [6.45, 7) is 8.16. The molecule has 0 aromatic carbocycles. The number of rotatable bonds is 9. The molecule has 0 saturated heterocycles. The molecule has 2 aromatic heterocycles. The Hall–Kier alpha value is -2.12. The number of hydrogen-bond acceptors (Lipinski definition) is 5. The molecule has 1 atom stereocenters. The highest BCUT2D eigenvalue weighted by Crippen LogP contribution is 2.24. The third kappa shape index (κ3) is 6.31. The average molecular weight is 377 g/mol. The molecule has 1 unspecified atom stereocenters. The molecule has 0 fully saturated rings. The molecule has 0 aliphatic carbocycles. The Balaban J connectivity index is 1.93. The minimum Gasteiger partial charge on any atom is -0.478 e. The van der Waals surface area contributed by atoms with E-state index in [1.54, 1.807) is 24.5 Å². The van der Waals surface area contributed by atoms with Crippen molar-refractivity contribution in [2.45, 2.75) is 39.3 Å². The number of pyridine rings is 1. The second kappa shape index (κ2) is 10.1. The number of hydrogen-bond donors (Lipinski definition) is 3. The van der Waals surface area contributed by atoms with Gasteiger partial charge in [-0.25, -0.2) is 9.98 Å². The molecule has 0 aliphatic heterocycles. The van der Waals surface area contributed by atoms with Crippen LogP contribution in [-0.2, 0) is 12.1 Å². The Morgan fingerprint density at radius 2 is 2.15 bits per heavy atom. The van der Waals surface area contributed by atoms with Crippen LogP contribution in [0.1, 0.15) is 37.6 Å². The standard InChI is InChI=1S/C19H28N4O2S/c1-4-10-25-17-9-8-15(12-21-17)13-22-18(20-5-2)23-14-19(3,24)16-7-6-11-26-16/h6-9,11-12,24H,4-5,10,13-14H2,1-3H3,(H2,20,22,23). The van der Waals surface area contributed by atoms with Gasteiger partial charge in [0.15, 0.2) is 5.96 Å². The maximum atomic E-state index is 10.6. The van der Waals surface area contributed by atoms with Crippen molar-refractivity contribution in [1.29, 1.82) is 0 Å². The van der Waals surface area contributed by atoms with E-state index in [9.17, 15) is 5.11 Å². The molecule has 0 saturated carbocycles.